The lowest BCUT2D eigenvalue weighted by Gasteiger charge is -2.25. The van der Waals surface area contributed by atoms with Crippen LogP contribution in [-0.2, 0) is 9.53 Å². The predicted octanol–water partition coefficient (Wildman–Crippen LogP) is 1.25. The van der Waals surface area contributed by atoms with Crippen LogP contribution in [0.25, 0.3) is 0 Å². The number of methoxy groups -OCH3 is 1. The van der Waals surface area contributed by atoms with E-state index in [-0.39, 0.29) is 18.4 Å². The maximum absolute atomic E-state index is 11.8. The van der Waals surface area contributed by atoms with Crippen molar-refractivity contribution in [2.24, 2.45) is 5.92 Å². The molecule has 2 unspecified atom stereocenters. The Balaban J connectivity index is 2.29. The van der Waals surface area contributed by atoms with E-state index in [4.69, 9.17) is 4.74 Å². The van der Waals surface area contributed by atoms with Gasteiger partial charge in [0.25, 0.3) is 0 Å². The summed E-state index contributed by atoms with van der Waals surface area (Å²) in [5.41, 5.74) is -0.893. The normalized spacial score (nSPS) is 23.1. The van der Waals surface area contributed by atoms with E-state index in [2.05, 4.69) is 17.5 Å². The van der Waals surface area contributed by atoms with Crippen molar-refractivity contribution in [1.82, 2.24) is 5.32 Å². The van der Waals surface area contributed by atoms with Crippen molar-refractivity contribution in [3.05, 3.63) is 12.2 Å². The summed E-state index contributed by atoms with van der Waals surface area (Å²) in [4.78, 5) is 11.8. The van der Waals surface area contributed by atoms with Gasteiger partial charge in [0.1, 0.15) is 0 Å². The molecule has 1 rings (SSSR count). The molecule has 4 heteroatoms. The number of hydrogen-bond acceptors (Lipinski definition) is 3. The lowest BCUT2D eigenvalue weighted by molar-refractivity contribution is -0.126. The second-order valence-electron chi connectivity index (χ2n) is 4.94. The molecule has 0 spiro atoms. The Morgan fingerprint density at radius 3 is 2.94 bits per heavy atom. The van der Waals surface area contributed by atoms with Gasteiger partial charge in [-0.15, -0.1) is 0 Å². The van der Waals surface area contributed by atoms with Crippen LogP contribution in [-0.4, -0.2) is 36.9 Å². The fourth-order valence-electron chi connectivity index (χ4n) is 1.86. The molecule has 0 fully saturated rings. The van der Waals surface area contributed by atoms with Crippen LogP contribution in [0, 0.1) is 5.92 Å². The standard InChI is InChI=1S/C13H23NO3/c1-13(16,8-9-17-2)10-14-12(15)11-6-4-3-5-7-11/h3-4,11,16H,5-10H2,1-2H3,(H,14,15). The highest BCUT2D eigenvalue weighted by Gasteiger charge is 2.24. The van der Waals surface area contributed by atoms with Gasteiger partial charge in [0, 0.05) is 32.6 Å². The number of amides is 1. The summed E-state index contributed by atoms with van der Waals surface area (Å²) in [6.07, 6.45) is 7.37. The maximum atomic E-state index is 11.8. The summed E-state index contributed by atoms with van der Waals surface area (Å²) >= 11 is 0. The molecule has 98 valence electrons. The van der Waals surface area contributed by atoms with E-state index in [0.29, 0.717) is 13.0 Å². The van der Waals surface area contributed by atoms with Gasteiger partial charge in [-0.25, -0.2) is 0 Å². The molecule has 1 aliphatic carbocycles. The van der Waals surface area contributed by atoms with Crippen molar-refractivity contribution in [2.75, 3.05) is 20.3 Å². The molecule has 1 aliphatic rings. The number of allylic oxidation sites excluding steroid dienone is 2. The van der Waals surface area contributed by atoms with E-state index in [9.17, 15) is 9.90 Å². The maximum Gasteiger partial charge on any atom is 0.223 e. The number of aliphatic hydroxyl groups is 1. The first-order valence-corrected chi connectivity index (χ1v) is 6.19. The average Bonchev–Trinajstić information content (AvgIpc) is 2.35. The van der Waals surface area contributed by atoms with Crippen molar-refractivity contribution >= 4 is 5.91 Å². The first kappa shape index (κ1) is 14.2. The van der Waals surface area contributed by atoms with Crippen molar-refractivity contribution in [3.63, 3.8) is 0 Å². The molecular weight excluding hydrogens is 218 g/mol. The highest BCUT2D eigenvalue weighted by Crippen LogP contribution is 2.18. The Morgan fingerprint density at radius 2 is 2.35 bits per heavy atom. The highest BCUT2D eigenvalue weighted by atomic mass is 16.5. The van der Waals surface area contributed by atoms with Crippen molar-refractivity contribution < 1.29 is 14.6 Å². The SMILES string of the molecule is COCCC(C)(O)CNC(=O)C1CC=CCC1. The first-order chi connectivity index (χ1) is 8.05. The van der Waals surface area contributed by atoms with Crippen LogP contribution in [0.3, 0.4) is 0 Å². The molecule has 0 radical (unpaired) electrons. The molecule has 0 bridgehead atoms. The van der Waals surface area contributed by atoms with E-state index >= 15 is 0 Å². The lowest BCUT2D eigenvalue weighted by atomic mass is 9.93. The summed E-state index contributed by atoms with van der Waals surface area (Å²) < 4.78 is 4.92. The topological polar surface area (TPSA) is 58.6 Å². The summed E-state index contributed by atoms with van der Waals surface area (Å²) in [5, 5.41) is 12.8. The van der Waals surface area contributed by atoms with E-state index in [1.165, 1.54) is 0 Å². The fraction of sp³-hybridized carbons (Fsp3) is 0.769. The molecule has 4 nitrogen and oxygen atoms in total. The van der Waals surface area contributed by atoms with Crippen LogP contribution in [0.4, 0.5) is 0 Å². The average molecular weight is 241 g/mol. The van der Waals surface area contributed by atoms with Crippen LogP contribution in [0.1, 0.15) is 32.6 Å². The van der Waals surface area contributed by atoms with E-state index in [0.717, 1.165) is 19.3 Å². The number of hydrogen-bond donors (Lipinski definition) is 2. The first-order valence-electron chi connectivity index (χ1n) is 6.19. The molecule has 2 atom stereocenters. The minimum atomic E-state index is -0.893. The van der Waals surface area contributed by atoms with E-state index in [1.807, 2.05) is 0 Å². The Morgan fingerprint density at radius 1 is 1.59 bits per heavy atom. The number of carbonyl (C=O) groups is 1. The Hall–Kier alpha value is -0.870. The molecule has 0 aromatic rings. The summed E-state index contributed by atoms with van der Waals surface area (Å²) in [5.74, 6) is 0.116. The number of carbonyl (C=O) groups excluding carboxylic acids is 1. The molecule has 0 aromatic carbocycles. The number of ether oxygens (including phenoxy) is 1. The quantitative estimate of drug-likeness (QED) is 0.688. The minimum absolute atomic E-state index is 0.0482. The van der Waals surface area contributed by atoms with E-state index in [1.54, 1.807) is 14.0 Å². The second kappa shape index (κ2) is 6.77. The second-order valence-corrected chi connectivity index (χ2v) is 4.94. The molecule has 2 N–H and O–H groups in total. The van der Waals surface area contributed by atoms with Crippen molar-refractivity contribution in [3.8, 4) is 0 Å². The Kier molecular flexibility index (Phi) is 5.65. The number of nitrogens with one attached hydrogen (secondary N) is 1. The Bertz CT molecular complexity index is 274. The third-order valence-electron chi connectivity index (χ3n) is 3.13. The van der Waals surface area contributed by atoms with Gasteiger partial charge in [-0.2, -0.15) is 0 Å². The number of rotatable bonds is 6. The largest absolute Gasteiger partial charge is 0.388 e. The lowest BCUT2D eigenvalue weighted by Crippen LogP contribution is -2.43. The van der Waals surface area contributed by atoms with Gasteiger partial charge < -0.3 is 15.2 Å². The molecule has 17 heavy (non-hydrogen) atoms. The van der Waals surface area contributed by atoms with Gasteiger partial charge >= 0.3 is 0 Å². The van der Waals surface area contributed by atoms with Gasteiger partial charge in [0.15, 0.2) is 0 Å². The zero-order chi connectivity index (χ0) is 12.7. The van der Waals surface area contributed by atoms with Gasteiger partial charge in [0.2, 0.25) is 5.91 Å². The van der Waals surface area contributed by atoms with Gasteiger partial charge in [-0.05, 0) is 26.2 Å². The predicted molar refractivity (Wildman–Crippen MR) is 66.6 cm³/mol. The summed E-state index contributed by atoms with van der Waals surface area (Å²) in [7, 11) is 1.60. The van der Waals surface area contributed by atoms with E-state index < -0.39 is 5.60 Å². The smallest absolute Gasteiger partial charge is 0.223 e. The summed E-state index contributed by atoms with van der Waals surface area (Å²) in [6, 6.07) is 0. The fourth-order valence-corrected chi connectivity index (χ4v) is 1.86. The Labute approximate surface area is 103 Å². The molecular formula is C13H23NO3. The zero-order valence-electron chi connectivity index (χ0n) is 10.7. The summed E-state index contributed by atoms with van der Waals surface area (Å²) in [6.45, 7) is 2.50. The van der Waals surface area contributed by atoms with Crippen LogP contribution in [0.2, 0.25) is 0 Å². The molecule has 1 amide bonds. The van der Waals surface area contributed by atoms with Gasteiger partial charge in [-0.1, -0.05) is 12.2 Å². The van der Waals surface area contributed by atoms with Crippen LogP contribution in [0.15, 0.2) is 12.2 Å². The third-order valence-corrected chi connectivity index (χ3v) is 3.13. The molecule has 0 heterocycles. The van der Waals surface area contributed by atoms with Crippen LogP contribution in [0.5, 0.6) is 0 Å². The van der Waals surface area contributed by atoms with Crippen molar-refractivity contribution in [2.45, 2.75) is 38.2 Å². The van der Waals surface area contributed by atoms with Gasteiger partial charge in [-0.3, -0.25) is 4.79 Å². The molecule has 0 saturated heterocycles. The molecule has 0 saturated carbocycles. The van der Waals surface area contributed by atoms with Crippen molar-refractivity contribution in [1.29, 1.82) is 0 Å². The van der Waals surface area contributed by atoms with Crippen LogP contribution < -0.4 is 5.32 Å². The molecule has 0 aliphatic heterocycles. The minimum Gasteiger partial charge on any atom is -0.388 e. The third kappa shape index (κ3) is 5.33. The molecule has 0 aromatic heterocycles. The van der Waals surface area contributed by atoms with Gasteiger partial charge in [0.05, 0.1) is 5.60 Å². The monoisotopic (exact) mass is 241 g/mol. The van der Waals surface area contributed by atoms with Crippen LogP contribution >= 0.6 is 0 Å². The highest BCUT2D eigenvalue weighted by molar-refractivity contribution is 5.79. The zero-order valence-corrected chi connectivity index (χ0v) is 10.7.